The van der Waals surface area contributed by atoms with Crippen molar-refractivity contribution in [2.45, 2.75) is 69.2 Å². The standard InChI is InChI=1S/C29H36FN3O7/c1-32(2)23-17-10-13-9-16-20(18(34)11-14(22(16)30)12-33(3)15-7-5-4-6-8-15)24(35)19(13)26(37)29(17,40)27(38)21(25(23)36)28(31)39/h11,13,15,17,19,21,23,34,40H,4-10,12H2,1-3H3,(H2,31,39). The number of carbonyl (C=O) groups is 5. The van der Waals surface area contributed by atoms with E-state index in [1.165, 1.54) is 31.5 Å². The first kappa shape index (κ1) is 28.5. The Morgan fingerprint density at radius 2 is 1.75 bits per heavy atom. The summed E-state index contributed by atoms with van der Waals surface area (Å²) in [6, 6.07) is 0.307. The molecule has 0 spiro atoms. The molecule has 1 aromatic carbocycles. The zero-order chi connectivity index (χ0) is 29.3. The molecule has 6 atom stereocenters. The lowest BCUT2D eigenvalue weighted by molar-refractivity contribution is -0.181. The van der Waals surface area contributed by atoms with Gasteiger partial charge in [-0.1, -0.05) is 19.3 Å². The molecule has 4 N–H and O–H groups in total. The first-order valence-electron chi connectivity index (χ1n) is 13.9. The van der Waals surface area contributed by atoms with E-state index >= 15 is 4.39 Å². The maximum Gasteiger partial charge on any atom is 0.235 e. The fraction of sp³-hybridized carbons (Fsp3) is 0.621. The second-order valence-electron chi connectivity index (χ2n) is 12.2. The summed E-state index contributed by atoms with van der Waals surface area (Å²) in [6.07, 6.45) is 5.18. The van der Waals surface area contributed by atoms with E-state index in [0.29, 0.717) is 6.04 Å². The number of benzene rings is 1. The van der Waals surface area contributed by atoms with Gasteiger partial charge in [0.15, 0.2) is 34.7 Å². The Bertz CT molecular complexity index is 1310. The number of carbonyl (C=O) groups excluding carboxylic acids is 5. The van der Waals surface area contributed by atoms with Gasteiger partial charge in [-0.2, -0.15) is 0 Å². The smallest absolute Gasteiger partial charge is 0.235 e. The molecule has 4 aliphatic carbocycles. The van der Waals surface area contributed by atoms with Gasteiger partial charge >= 0.3 is 0 Å². The number of fused-ring (bicyclic) bond motifs is 3. The number of primary amides is 1. The SMILES string of the molecule is CN(C)C1C(=O)C(C(N)=O)C(=O)C2(O)C(=O)C3C(=O)c4c(O)cc(CN(C)C5CCCCC5)c(F)c4CC3CC12. The van der Waals surface area contributed by atoms with E-state index in [4.69, 9.17) is 5.73 Å². The molecule has 6 unspecified atom stereocenters. The van der Waals surface area contributed by atoms with Crippen molar-refractivity contribution in [1.29, 1.82) is 0 Å². The fourth-order valence-electron chi connectivity index (χ4n) is 7.74. The monoisotopic (exact) mass is 557 g/mol. The number of hydrogen-bond donors (Lipinski definition) is 3. The summed E-state index contributed by atoms with van der Waals surface area (Å²) < 4.78 is 16.0. The number of amides is 1. The number of nitrogens with zero attached hydrogens (tertiary/aromatic N) is 2. The van der Waals surface area contributed by atoms with Crippen molar-refractivity contribution in [1.82, 2.24) is 9.80 Å². The molecule has 4 aliphatic rings. The highest BCUT2D eigenvalue weighted by molar-refractivity contribution is 6.32. The van der Waals surface area contributed by atoms with Gasteiger partial charge in [-0.25, -0.2) is 4.39 Å². The number of likely N-dealkylation sites (N-methyl/N-ethyl adjacent to an activating group) is 1. The van der Waals surface area contributed by atoms with Crippen LogP contribution in [0.1, 0.15) is 60.0 Å². The topological polar surface area (TPSA) is 158 Å². The molecule has 1 amide bonds. The maximum atomic E-state index is 16.0. The Labute approximate surface area is 231 Å². The number of phenols is 1. The number of rotatable bonds is 5. The Kier molecular flexibility index (Phi) is 7.21. The van der Waals surface area contributed by atoms with Crippen molar-refractivity contribution in [2.24, 2.45) is 29.4 Å². The minimum Gasteiger partial charge on any atom is -0.507 e. The Morgan fingerprint density at radius 1 is 1.10 bits per heavy atom. The van der Waals surface area contributed by atoms with E-state index in [1.807, 2.05) is 7.05 Å². The molecule has 11 heteroatoms. The van der Waals surface area contributed by atoms with Crippen molar-refractivity contribution < 1.29 is 38.6 Å². The van der Waals surface area contributed by atoms with Crippen molar-refractivity contribution in [3.63, 3.8) is 0 Å². The highest BCUT2D eigenvalue weighted by Crippen LogP contribution is 2.51. The molecule has 0 saturated heterocycles. The van der Waals surface area contributed by atoms with Crippen molar-refractivity contribution in [3.05, 3.63) is 28.6 Å². The molecule has 10 nitrogen and oxygen atoms in total. The second-order valence-corrected chi connectivity index (χ2v) is 12.2. The van der Waals surface area contributed by atoms with Gasteiger partial charge in [0.1, 0.15) is 11.6 Å². The van der Waals surface area contributed by atoms with Gasteiger partial charge in [-0.05, 0) is 58.8 Å². The molecule has 0 heterocycles. The molecule has 0 aromatic heterocycles. The molecular formula is C29H36FN3O7. The molecule has 0 aliphatic heterocycles. The van der Waals surface area contributed by atoms with Crippen LogP contribution < -0.4 is 5.73 Å². The van der Waals surface area contributed by atoms with Crippen LogP contribution in [0, 0.1) is 29.5 Å². The molecule has 0 radical (unpaired) electrons. The van der Waals surface area contributed by atoms with Gasteiger partial charge in [0.25, 0.3) is 0 Å². The highest BCUT2D eigenvalue weighted by atomic mass is 19.1. The van der Waals surface area contributed by atoms with Gasteiger partial charge in [0, 0.05) is 29.6 Å². The van der Waals surface area contributed by atoms with Crippen LogP contribution in [0.5, 0.6) is 5.75 Å². The fourth-order valence-corrected chi connectivity index (χ4v) is 7.74. The quantitative estimate of drug-likeness (QED) is 0.445. The van der Waals surface area contributed by atoms with E-state index in [1.54, 1.807) is 0 Å². The highest BCUT2D eigenvalue weighted by Gasteiger charge is 2.69. The number of aromatic hydroxyl groups is 1. The van der Waals surface area contributed by atoms with E-state index in [-0.39, 0.29) is 36.1 Å². The lowest BCUT2D eigenvalue weighted by Gasteiger charge is -2.52. The van der Waals surface area contributed by atoms with Crippen LogP contribution in [0.2, 0.25) is 0 Å². The summed E-state index contributed by atoms with van der Waals surface area (Å²) in [5.41, 5.74) is 2.45. The first-order valence-corrected chi connectivity index (χ1v) is 13.9. The van der Waals surface area contributed by atoms with Crippen LogP contribution in [0.3, 0.4) is 0 Å². The molecule has 1 aromatic rings. The minimum absolute atomic E-state index is 0.00131. The summed E-state index contributed by atoms with van der Waals surface area (Å²) in [6.45, 7) is 0.237. The third-order valence-electron chi connectivity index (χ3n) is 9.69. The average molecular weight is 558 g/mol. The normalized spacial score (nSPS) is 32.7. The van der Waals surface area contributed by atoms with Crippen LogP contribution in [0.15, 0.2) is 6.07 Å². The Morgan fingerprint density at radius 3 is 2.35 bits per heavy atom. The van der Waals surface area contributed by atoms with Gasteiger partial charge < -0.3 is 15.9 Å². The number of halogens is 1. The van der Waals surface area contributed by atoms with Gasteiger partial charge in [-0.3, -0.25) is 33.8 Å². The number of Topliss-reactive ketones (excluding diaryl/α,β-unsaturated/α-hetero) is 4. The van der Waals surface area contributed by atoms with Crippen molar-refractivity contribution >= 4 is 29.0 Å². The number of aliphatic hydroxyl groups is 1. The molecule has 5 rings (SSSR count). The summed E-state index contributed by atoms with van der Waals surface area (Å²) in [7, 11) is 4.94. The van der Waals surface area contributed by atoms with E-state index < -0.39 is 75.9 Å². The van der Waals surface area contributed by atoms with Crippen LogP contribution in [-0.4, -0.2) is 87.9 Å². The summed E-state index contributed by atoms with van der Waals surface area (Å²) >= 11 is 0. The summed E-state index contributed by atoms with van der Waals surface area (Å²) in [4.78, 5) is 69.5. The van der Waals surface area contributed by atoms with Crippen LogP contribution in [-0.2, 0) is 32.1 Å². The molecule has 40 heavy (non-hydrogen) atoms. The average Bonchev–Trinajstić information content (AvgIpc) is 2.89. The number of hydrogen-bond acceptors (Lipinski definition) is 9. The maximum absolute atomic E-state index is 16.0. The molecule has 3 saturated carbocycles. The summed E-state index contributed by atoms with van der Waals surface area (Å²) in [5, 5.41) is 22.5. The van der Waals surface area contributed by atoms with Crippen LogP contribution in [0.25, 0.3) is 0 Å². The molecule has 3 fully saturated rings. The first-order chi connectivity index (χ1) is 18.8. The minimum atomic E-state index is -2.80. The second kappa shape index (κ2) is 10.1. The largest absolute Gasteiger partial charge is 0.507 e. The third-order valence-corrected chi connectivity index (χ3v) is 9.69. The predicted octanol–water partition coefficient (Wildman–Crippen LogP) is 0.771. The number of ketones is 4. The number of nitrogens with two attached hydrogens (primary N) is 1. The lowest BCUT2D eigenvalue weighted by Crippen LogP contribution is -2.74. The molecule has 0 bridgehead atoms. The molecule has 216 valence electrons. The lowest BCUT2D eigenvalue weighted by atomic mass is 9.52. The van der Waals surface area contributed by atoms with E-state index in [9.17, 15) is 34.2 Å². The van der Waals surface area contributed by atoms with Crippen molar-refractivity contribution in [3.8, 4) is 5.75 Å². The Hall–Kier alpha value is -3.02. The van der Waals surface area contributed by atoms with Gasteiger partial charge in [0.2, 0.25) is 5.91 Å². The zero-order valence-corrected chi connectivity index (χ0v) is 23.0. The summed E-state index contributed by atoms with van der Waals surface area (Å²) in [5.74, 6) is -12.2. The number of phenolic OH excluding ortho intramolecular Hbond substituents is 1. The zero-order valence-electron chi connectivity index (χ0n) is 23.0. The van der Waals surface area contributed by atoms with Crippen molar-refractivity contribution in [2.75, 3.05) is 21.1 Å². The predicted molar refractivity (Wildman–Crippen MR) is 140 cm³/mol. The van der Waals surface area contributed by atoms with E-state index in [2.05, 4.69) is 4.90 Å². The molecular weight excluding hydrogens is 521 g/mol. The Balaban J connectivity index is 1.53. The van der Waals surface area contributed by atoms with Crippen LogP contribution >= 0.6 is 0 Å². The van der Waals surface area contributed by atoms with Gasteiger partial charge in [-0.15, -0.1) is 0 Å². The van der Waals surface area contributed by atoms with E-state index in [0.717, 1.165) is 25.7 Å². The third kappa shape index (κ3) is 4.12. The van der Waals surface area contributed by atoms with Crippen LogP contribution in [0.4, 0.5) is 4.39 Å². The van der Waals surface area contributed by atoms with Gasteiger partial charge in [0.05, 0.1) is 17.5 Å².